The lowest BCUT2D eigenvalue weighted by Gasteiger charge is -2.33. The van der Waals surface area contributed by atoms with E-state index in [0.717, 1.165) is 31.8 Å². The number of amides is 1. The maximum atomic E-state index is 11.1. The molecule has 0 bridgehead atoms. The molecule has 1 amide bonds. The molecule has 1 aromatic rings. The summed E-state index contributed by atoms with van der Waals surface area (Å²) in [6.07, 6.45) is 12.0. The molecule has 2 aliphatic rings. The van der Waals surface area contributed by atoms with Crippen LogP contribution in [0.3, 0.4) is 0 Å². The van der Waals surface area contributed by atoms with Gasteiger partial charge in [0.05, 0.1) is 10.6 Å². The molecule has 1 aromatic heterocycles. The van der Waals surface area contributed by atoms with Gasteiger partial charge in [0.15, 0.2) is 0 Å². The molecule has 0 unspecified atom stereocenters. The van der Waals surface area contributed by atoms with E-state index in [2.05, 4.69) is 15.6 Å². The molecule has 2 heterocycles. The molecule has 4 N–H and O–H groups in total. The third-order valence-corrected chi connectivity index (χ3v) is 5.47. The number of pyridine rings is 1. The summed E-state index contributed by atoms with van der Waals surface area (Å²) in [6, 6.07) is 1.77. The summed E-state index contributed by atoms with van der Waals surface area (Å²) >= 11 is 6.41. The Hall–Kier alpha value is -1.05. The van der Waals surface area contributed by atoms with Crippen LogP contribution in [0.4, 0.5) is 5.82 Å². The number of carbonyl (C=O) groups excluding carboxylic acids is 1. The molecule has 152 valence electrons. The first-order chi connectivity index (χ1) is 12.1. The molecule has 6 nitrogen and oxygen atoms in total. The fraction of sp³-hybridized carbons (Fsp3) is 0.556. The Morgan fingerprint density at radius 1 is 1.41 bits per heavy atom. The first-order valence-corrected chi connectivity index (χ1v) is 9.25. The standard InChI is InChI=1S/C18H25ClN4O2.2ClH/c19-15-9-14(5-6-16(24)23-25)11-21-17(15)22-18(7-8-20-12-18)10-13-3-1-2-4-13;;/h5-6,9,11,13,20,25H,1-4,7-8,10,12H2,(H,21,22)(H,23,24);2*1H/b6-5+;;/t18-;;/m0../s1. The van der Waals surface area contributed by atoms with Crippen molar-refractivity contribution < 1.29 is 10.0 Å². The number of anilines is 1. The van der Waals surface area contributed by atoms with E-state index in [9.17, 15) is 4.79 Å². The van der Waals surface area contributed by atoms with Gasteiger partial charge in [-0.15, -0.1) is 24.8 Å². The van der Waals surface area contributed by atoms with Crippen LogP contribution in [-0.2, 0) is 4.79 Å². The number of hydrogen-bond donors (Lipinski definition) is 4. The summed E-state index contributed by atoms with van der Waals surface area (Å²) < 4.78 is 0. The second-order valence-electron chi connectivity index (χ2n) is 7.10. The highest BCUT2D eigenvalue weighted by Crippen LogP contribution is 2.37. The van der Waals surface area contributed by atoms with Gasteiger partial charge in [0.25, 0.3) is 5.91 Å². The molecule has 3 rings (SSSR count). The molecular formula is C18H27Cl3N4O2. The Labute approximate surface area is 177 Å². The minimum absolute atomic E-state index is 0. The molecule has 2 fully saturated rings. The predicted octanol–water partition coefficient (Wildman–Crippen LogP) is 3.82. The Morgan fingerprint density at radius 2 is 2.15 bits per heavy atom. The van der Waals surface area contributed by atoms with Crippen LogP contribution in [0.25, 0.3) is 6.08 Å². The van der Waals surface area contributed by atoms with Gasteiger partial charge in [-0.25, -0.2) is 10.5 Å². The van der Waals surface area contributed by atoms with E-state index in [1.807, 2.05) is 0 Å². The topological polar surface area (TPSA) is 86.3 Å². The van der Waals surface area contributed by atoms with Crippen molar-refractivity contribution in [3.63, 3.8) is 0 Å². The minimum atomic E-state index is -0.592. The van der Waals surface area contributed by atoms with Crippen molar-refractivity contribution in [1.29, 1.82) is 0 Å². The van der Waals surface area contributed by atoms with Crippen molar-refractivity contribution in [1.82, 2.24) is 15.8 Å². The molecule has 9 heteroatoms. The lowest BCUT2D eigenvalue weighted by molar-refractivity contribution is -0.124. The van der Waals surface area contributed by atoms with Crippen LogP contribution in [0.1, 0.15) is 44.1 Å². The largest absolute Gasteiger partial charge is 0.362 e. The number of halogens is 3. The van der Waals surface area contributed by atoms with Gasteiger partial charge < -0.3 is 10.6 Å². The van der Waals surface area contributed by atoms with Crippen molar-refractivity contribution in [3.05, 3.63) is 28.9 Å². The lowest BCUT2D eigenvalue weighted by atomic mass is 9.85. The average molecular weight is 438 g/mol. The number of nitrogens with zero attached hydrogens (tertiary/aromatic N) is 1. The van der Waals surface area contributed by atoms with E-state index in [1.54, 1.807) is 23.8 Å². The minimum Gasteiger partial charge on any atom is -0.362 e. The number of carbonyl (C=O) groups is 1. The summed E-state index contributed by atoms with van der Waals surface area (Å²) in [5.74, 6) is 0.878. The number of nitrogens with one attached hydrogen (secondary N) is 3. The van der Waals surface area contributed by atoms with Gasteiger partial charge in [0.2, 0.25) is 0 Å². The van der Waals surface area contributed by atoms with Gasteiger partial charge in [-0.05, 0) is 43.0 Å². The summed E-state index contributed by atoms with van der Waals surface area (Å²) in [6.45, 7) is 1.94. The Kier molecular flexibility index (Phi) is 9.84. The average Bonchev–Trinajstić information content (AvgIpc) is 3.28. The molecule has 0 aromatic carbocycles. The fourth-order valence-electron chi connectivity index (χ4n) is 3.94. The number of rotatable bonds is 6. The van der Waals surface area contributed by atoms with E-state index in [-0.39, 0.29) is 30.4 Å². The lowest BCUT2D eigenvalue weighted by Crippen LogP contribution is -2.42. The highest BCUT2D eigenvalue weighted by Gasteiger charge is 2.37. The molecular weight excluding hydrogens is 411 g/mol. The van der Waals surface area contributed by atoms with Crippen LogP contribution in [-0.4, -0.2) is 34.7 Å². The zero-order valence-electron chi connectivity index (χ0n) is 15.0. The summed E-state index contributed by atoms with van der Waals surface area (Å²) in [4.78, 5) is 15.5. The normalized spacial score (nSPS) is 22.3. The van der Waals surface area contributed by atoms with E-state index in [4.69, 9.17) is 16.8 Å². The third kappa shape index (κ3) is 6.50. The number of aromatic nitrogens is 1. The highest BCUT2D eigenvalue weighted by molar-refractivity contribution is 6.33. The van der Waals surface area contributed by atoms with E-state index in [1.165, 1.54) is 31.8 Å². The van der Waals surface area contributed by atoms with Crippen LogP contribution < -0.4 is 16.1 Å². The Morgan fingerprint density at radius 3 is 2.74 bits per heavy atom. The number of hydroxylamine groups is 1. The van der Waals surface area contributed by atoms with E-state index in [0.29, 0.717) is 16.4 Å². The third-order valence-electron chi connectivity index (χ3n) is 5.18. The van der Waals surface area contributed by atoms with Crippen molar-refractivity contribution in [2.75, 3.05) is 18.4 Å². The molecule has 0 spiro atoms. The van der Waals surface area contributed by atoms with Gasteiger partial charge in [-0.2, -0.15) is 0 Å². The smallest absolute Gasteiger partial charge is 0.267 e. The van der Waals surface area contributed by atoms with Crippen molar-refractivity contribution >= 4 is 54.2 Å². The van der Waals surface area contributed by atoms with Crippen LogP contribution in [0.15, 0.2) is 18.3 Å². The molecule has 1 saturated carbocycles. The van der Waals surface area contributed by atoms with Gasteiger partial charge in [0, 0.05) is 18.8 Å². The van der Waals surface area contributed by atoms with Crippen LogP contribution in [0.5, 0.6) is 0 Å². The fourth-order valence-corrected chi connectivity index (χ4v) is 4.16. The van der Waals surface area contributed by atoms with Gasteiger partial charge in [-0.3, -0.25) is 10.0 Å². The first kappa shape index (κ1) is 24.0. The van der Waals surface area contributed by atoms with E-state index >= 15 is 0 Å². The second-order valence-corrected chi connectivity index (χ2v) is 7.50. The van der Waals surface area contributed by atoms with Gasteiger partial charge >= 0.3 is 0 Å². The van der Waals surface area contributed by atoms with Crippen molar-refractivity contribution in [3.8, 4) is 0 Å². The Balaban J connectivity index is 0.00000182. The monoisotopic (exact) mass is 436 g/mol. The van der Waals surface area contributed by atoms with Crippen molar-refractivity contribution in [2.24, 2.45) is 5.92 Å². The van der Waals surface area contributed by atoms with Crippen LogP contribution in [0.2, 0.25) is 5.02 Å². The SMILES string of the molecule is Cl.Cl.O=C(/C=C/c1cnc(N[C@]2(CC3CCCC3)CCNC2)c(Cl)c1)NO. The first-order valence-electron chi connectivity index (χ1n) is 8.87. The van der Waals surface area contributed by atoms with Crippen LogP contribution in [0, 0.1) is 5.92 Å². The van der Waals surface area contributed by atoms with Gasteiger partial charge in [-0.1, -0.05) is 37.3 Å². The maximum absolute atomic E-state index is 11.1. The molecule has 1 aliphatic carbocycles. The predicted molar refractivity (Wildman–Crippen MR) is 113 cm³/mol. The quantitative estimate of drug-likeness (QED) is 0.309. The summed E-state index contributed by atoms with van der Waals surface area (Å²) in [7, 11) is 0. The van der Waals surface area contributed by atoms with Gasteiger partial charge in [0.1, 0.15) is 5.82 Å². The second kappa shape index (κ2) is 11.1. The molecule has 0 radical (unpaired) electrons. The molecule has 1 saturated heterocycles. The van der Waals surface area contributed by atoms with Crippen LogP contribution >= 0.6 is 36.4 Å². The maximum Gasteiger partial charge on any atom is 0.267 e. The molecule has 1 aliphatic heterocycles. The molecule has 27 heavy (non-hydrogen) atoms. The molecule has 1 atom stereocenters. The summed E-state index contributed by atoms with van der Waals surface area (Å²) in [5.41, 5.74) is 2.27. The number of hydrogen-bond acceptors (Lipinski definition) is 5. The summed E-state index contributed by atoms with van der Waals surface area (Å²) in [5, 5.41) is 16.1. The van der Waals surface area contributed by atoms with Crippen molar-refractivity contribution in [2.45, 2.75) is 44.1 Å². The zero-order chi connectivity index (χ0) is 17.7. The highest BCUT2D eigenvalue weighted by atomic mass is 35.5. The Bertz CT molecular complexity index is 645. The zero-order valence-corrected chi connectivity index (χ0v) is 17.4. The van der Waals surface area contributed by atoms with E-state index < -0.39 is 5.91 Å².